The summed E-state index contributed by atoms with van der Waals surface area (Å²) in [5.41, 5.74) is 0.631. The van der Waals surface area contributed by atoms with Crippen molar-refractivity contribution in [1.82, 2.24) is 10.3 Å². The van der Waals surface area contributed by atoms with Gasteiger partial charge in [-0.2, -0.15) is 26.3 Å². The van der Waals surface area contributed by atoms with Crippen molar-refractivity contribution in [2.75, 3.05) is 6.54 Å². The van der Waals surface area contributed by atoms with Crippen LogP contribution in [-0.4, -0.2) is 30.0 Å². The molecule has 1 aromatic rings. The van der Waals surface area contributed by atoms with Gasteiger partial charge in [0.05, 0.1) is 0 Å². The SMILES string of the molecule is CCCNCc1ccc(OC(C(F)(F)F)C(F)(F)F)nc1. The van der Waals surface area contributed by atoms with Gasteiger partial charge in [0.1, 0.15) is 0 Å². The molecule has 0 saturated heterocycles. The fourth-order valence-corrected chi connectivity index (χ4v) is 1.43. The lowest BCUT2D eigenvalue weighted by Gasteiger charge is -2.23. The van der Waals surface area contributed by atoms with E-state index in [2.05, 4.69) is 15.0 Å². The number of hydrogen-bond donors (Lipinski definition) is 1. The molecule has 1 rings (SSSR count). The average Bonchev–Trinajstić information content (AvgIpc) is 2.35. The van der Waals surface area contributed by atoms with Crippen LogP contribution in [0.1, 0.15) is 18.9 Å². The van der Waals surface area contributed by atoms with Crippen molar-refractivity contribution in [2.45, 2.75) is 38.3 Å². The minimum atomic E-state index is -5.55. The van der Waals surface area contributed by atoms with Crippen LogP contribution in [0.4, 0.5) is 26.3 Å². The van der Waals surface area contributed by atoms with E-state index in [1.807, 2.05) is 6.92 Å². The number of nitrogens with zero attached hydrogens (tertiary/aromatic N) is 1. The van der Waals surface area contributed by atoms with Gasteiger partial charge < -0.3 is 10.1 Å². The number of ether oxygens (including phenoxy) is 1. The van der Waals surface area contributed by atoms with Gasteiger partial charge in [-0.05, 0) is 18.5 Å². The molecule has 120 valence electrons. The van der Waals surface area contributed by atoms with Gasteiger partial charge in [-0.15, -0.1) is 0 Å². The van der Waals surface area contributed by atoms with E-state index in [0.29, 0.717) is 12.1 Å². The van der Waals surface area contributed by atoms with Crippen LogP contribution in [0.15, 0.2) is 18.3 Å². The molecule has 0 aliphatic carbocycles. The second-order valence-electron chi connectivity index (χ2n) is 4.26. The molecule has 9 heteroatoms. The average molecular weight is 316 g/mol. The smallest absolute Gasteiger partial charge is 0.434 e. The van der Waals surface area contributed by atoms with Crippen LogP contribution in [0.2, 0.25) is 0 Å². The lowest BCUT2D eigenvalue weighted by molar-refractivity contribution is -0.300. The first-order valence-electron chi connectivity index (χ1n) is 6.10. The number of hydrogen-bond acceptors (Lipinski definition) is 3. The normalized spacial score (nSPS) is 12.8. The van der Waals surface area contributed by atoms with E-state index in [-0.39, 0.29) is 0 Å². The van der Waals surface area contributed by atoms with Gasteiger partial charge in [0, 0.05) is 18.8 Å². The van der Waals surface area contributed by atoms with E-state index in [4.69, 9.17) is 0 Å². The van der Waals surface area contributed by atoms with Gasteiger partial charge >= 0.3 is 12.4 Å². The van der Waals surface area contributed by atoms with Crippen LogP contribution in [0.5, 0.6) is 5.88 Å². The van der Waals surface area contributed by atoms with Crippen molar-refractivity contribution in [1.29, 1.82) is 0 Å². The van der Waals surface area contributed by atoms with E-state index in [1.165, 1.54) is 12.3 Å². The third-order valence-corrected chi connectivity index (χ3v) is 2.39. The highest BCUT2D eigenvalue weighted by atomic mass is 19.4. The number of halogens is 6. The molecule has 0 unspecified atom stereocenters. The maximum absolute atomic E-state index is 12.3. The summed E-state index contributed by atoms with van der Waals surface area (Å²) in [5, 5.41) is 3.02. The molecule has 0 atom stereocenters. The quantitative estimate of drug-likeness (QED) is 0.645. The van der Waals surface area contributed by atoms with Gasteiger partial charge in [0.15, 0.2) is 0 Å². The highest BCUT2D eigenvalue weighted by Crippen LogP contribution is 2.35. The molecule has 0 amide bonds. The fraction of sp³-hybridized carbons (Fsp3) is 0.583. The Morgan fingerprint density at radius 3 is 2.19 bits per heavy atom. The Morgan fingerprint density at radius 2 is 1.76 bits per heavy atom. The standard InChI is InChI=1S/C12H14F6N2O/c1-2-5-19-6-8-3-4-9(20-7-8)21-10(11(13,14)15)12(16,17)18/h3-4,7,10,19H,2,5-6H2,1H3. The van der Waals surface area contributed by atoms with Gasteiger partial charge in [0.25, 0.3) is 6.10 Å². The Hall–Kier alpha value is -1.51. The number of alkyl halides is 6. The molecule has 0 spiro atoms. The Bertz CT molecular complexity index is 415. The largest absolute Gasteiger partial charge is 0.455 e. The summed E-state index contributed by atoms with van der Waals surface area (Å²) >= 11 is 0. The number of rotatable bonds is 6. The summed E-state index contributed by atoms with van der Waals surface area (Å²) in [5.74, 6) is -0.728. The second-order valence-corrected chi connectivity index (χ2v) is 4.26. The van der Waals surface area contributed by atoms with Gasteiger partial charge in [-0.1, -0.05) is 13.0 Å². The molecule has 1 heterocycles. The maximum Gasteiger partial charge on any atom is 0.434 e. The van der Waals surface area contributed by atoms with Crippen LogP contribution in [0.3, 0.4) is 0 Å². The van der Waals surface area contributed by atoms with Gasteiger partial charge in [0.2, 0.25) is 5.88 Å². The third kappa shape index (κ3) is 5.78. The predicted molar refractivity (Wildman–Crippen MR) is 62.8 cm³/mol. The van der Waals surface area contributed by atoms with Crippen molar-refractivity contribution in [3.05, 3.63) is 23.9 Å². The van der Waals surface area contributed by atoms with Gasteiger partial charge in [-0.3, -0.25) is 0 Å². The molecule has 0 aliphatic heterocycles. The van der Waals surface area contributed by atoms with Gasteiger partial charge in [-0.25, -0.2) is 4.98 Å². The minimum absolute atomic E-state index is 0.420. The Balaban J connectivity index is 2.73. The lowest BCUT2D eigenvalue weighted by Crippen LogP contribution is -2.46. The number of aromatic nitrogens is 1. The molecule has 0 fully saturated rings. The highest BCUT2D eigenvalue weighted by Gasteiger charge is 2.59. The molecule has 1 aromatic heterocycles. The van der Waals surface area contributed by atoms with Crippen molar-refractivity contribution >= 4 is 0 Å². The van der Waals surface area contributed by atoms with E-state index in [9.17, 15) is 26.3 Å². The topological polar surface area (TPSA) is 34.1 Å². The first-order valence-corrected chi connectivity index (χ1v) is 6.10. The third-order valence-electron chi connectivity index (χ3n) is 2.39. The zero-order valence-electron chi connectivity index (χ0n) is 11.1. The summed E-state index contributed by atoms with van der Waals surface area (Å²) in [4.78, 5) is 3.46. The molecule has 0 radical (unpaired) electrons. The summed E-state index contributed by atoms with van der Waals surface area (Å²) in [6, 6.07) is 2.34. The zero-order chi connectivity index (χ0) is 16.1. The minimum Gasteiger partial charge on any atom is -0.455 e. The molecular weight excluding hydrogens is 302 g/mol. The second kappa shape index (κ2) is 6.97. The fourth-order valence-electron chi connectivity index (χ4n) is 1.43. The van der Waals surface area contributed by atoms with Crippen LogP contribution in [-0.2, 0) is 6.54 Å². The van der Waals surface area contributed by atoms with Crippen molar-refractivity contribution < 1.29 is 31.1 Å². The van der Waals surface area contributed by atoms with Crippen molar-refractivity contribution in [2.24, 2.45) is 0 Å². The van der Waals surface area contributed by atoms with Crippen molar-refractivity contribution in [3.63, 3.8) is 0 Å². The van der Waals surface area contributed by atoms with Crippen molar-refractivity contribution in [3.8, 4) is 5.88 Å². The summed E-state index contributed by atoms with van der Waals surface area (Å²) in [7, 11) is 0. The van der Waals surface area contributed by atoms with E-state index in [1.54, 1.807) is 0 Å². The first-order chi connectivity index (χ1) is 9.64. The molecule has 1 N–H and O–H groups in total. The highest BCUT2D eigenvalue weighted by molar-refractivity contribution is 5.18. The Morgan fingerprint density at radius 1 is 1.14 bits per heavy atom. The molecule has 0 aliphatic rings. The predicted octanol–water partition coefficient (Wildman–Crippen LogP) is 3.45. The number of pyridine rings is 1. The molecule has 0 aromatic carbocycles. The lowest BCUT2D eigenvalue weighted by atomic mass is 10.3. The molecule has 0 bridgehead atoms. The first kappa shape index (κ1) is 17.5. The molecule has 3 nitrogen and oxygen atoms in total. The Labute approximate surface area is 117 Å². The maximum atomic E-state index is 12.3. The summed E-state index contributed by atoms with van der Waals surface area (Å²) < 4.78 is 77.8. The Kier molecular flexibility index (Phi) is 5.82. The summed E-state index contributed by atoms with van der Waals surface area (Å²) in [6.45, 7) is 3.11. The van der Waals surface area contributed by atoms with Crippen LogP contribution < -0.4 is 10.1 Å². The zero-order valence-corrected chi connectivity index (χ0v) is 11.1. The van der Waals surface area contributed by atoms with Crippen LogP contribution in [0.25, 0.3) is 0 Å². The number of nitrogens with one attached hydrogen (secondary N) is 1. The van der Waals surface area contributed by atoms with E-state index < -0.39 is 24.3 Å². The molecule has 21 heavy (non-hydrogen) atoms. The van der Waals surface area contributed by atoms with E-state index in [0.717, 1.165) is 19.0 Å². The van der Waals surface area contributed by atoms with Crippen LogP contribution >= 0.6 is 0 Å². The van der Waals surface area contributed by atoms with Crippen LogP contribution in [0, 0.1) is 0 Å². The molecule has 0 saturated carbocycles. The monoisotopic (exact) mass is 316 g/mol. The summed E-state index contributed by atoms with van der Waals surface area (Å²) in [6.07, 6.45) is -12.9. The molecular formula is C12H14F6N2O. The van der Waals surface area contributed by atoms with E-state index >= 15 is 0 Å².